The predicted molar refractivity (Wildman–Crippen MR) is 76.2 cm³/mol. The van der Waals surface area contributed by atoms with Crippen LogP contribution in [0.15, 0.2) is 47.9 Å². The van der Waals surface area contributed by atoms with Gasteiger partial charge in [0.2, 0.25) is 0 Å². The van der Waals surface area contributed by atoms with Crippen molar-refractivity contribution in [1.29, 1.82) is 0 Å². The molecule has 3 N–H and O–H groups in total. The van der Waals surface area contributed by atoms with Crippen LogP contribution >= 0.6 is 0 Å². The summed E-state index contributed by atoms with van der Waals surface area (Å²) in [6, 6.07) is 5.77. The fourth-order valence-corrected chi connectivity index (χ4v) is 2.05. The normalized spacial score (nSPS) is 13.3. The van der Waals surface area contributed by atoms with Gasteiger partial charge in [-0.3, -0.25) is 0 Å². The van der Waals surface area contributed by atoms with Crippen molar-refractivity contribution in [3.05, 3.63) is 59.6 Å². The molecule has 4 nitrogen and oxygen atoms in total. The lowest BCUT2D eigenvalue weighted by molar-refractivity contribution is 0.566. The summed E-state index contributed by atoms with van der Waals surface area (Å²) in [5, 5.41) is 2.83. The smallest absolute Gasteiger partial charge is 0.138 e. The second-order valence-corrected chi connectivity index (χ2v) is 4.20. The molecule has 0 aliphatic heterocycles. The summed E-state index contributed by atoms with van der Waals surface area (Å²) >= 11 is 0. The molecule has 3 heterocycles. The lowest BCUT2D eigenvalue weighted by atomic mass is 10.1. The number of aromatic nitrogens is 2. The zero-order valence-corrected chi connectivity index (χ0v) is 10.3. The lowest BCUT2D eigenvalue weighted by Crippen LogP contribution is -2.24. The minimum absolute atomic E-state index is 0.811. The SMILES string of the molecule is C=C(/C=c1\c(=C/N)[nH]c2ncccc12)c1ccoc1. The third kappa shape index (κ3) is 1.93. The molecule has 0 unspecified atom stereocenters. The maximum atomic E-state index is 5.66. The highest BCUT2D eigenvalue weighted by Gasteiger charge is 2.02. The number of furan rings is 1. The van der Waals surface area contributed by atoms with Crippen LogP contribution in [-0.2, 0) is 0 Å². The molecule has 94 valence electrons. The van der Waals surface area contributed by atoms with Gasteiger partial charge in [-0.05, 0) is 29.8 Å². The van der Waals surface area contributed by atoms with Crippen molar-refractivity contribution < 1.29 is 4.42 Å². The number of pyridine rings is 1. The number of fused-ring (bicyclic) bond motifs is 1. The number of nitrogens with one attached hydrogen (secondary N) is 1. The Labute approximate surface area is 109 Å². The standard InChI is InChI=1S/C15H13N3O/c1-10(11-4-6-19-9-11)7-13-12-3-2-5-17-15(12)18-14(13)8-16/h2-9H,1,16H2,(H,17,18)/b13-7-,14-8+. The van der Waals surface area contributed by atoms with E-state index in [0.717, 1.165) is 32.7 Å². The molecule has 4 heteroatoms. The molecule has 3 aromatic heterocycles. The molecule has 0 aromatic carbocycles. The molecule has 3 aromatic rings. The van der Waals surface area contributed by atoms with Crippen molar-refractivity contribution in [2.75, 3.05) is 0 Å². The third-order valence-corrected chi connectivity index (χ3v) is 3.02. The molecule has 0 spiro atoms. The van der Waals surface area contributed by atoms with E-state index in [1.165, 1.54) is 6.20 Å². The second-order valence-electron chi connectivity index (χ2n) is 4.20. The number of H-pyrrole nitrogens is 1. The van der Waals surface area contributed by atoms with Crippen LogP contribution < -0.4 is 16.3 Å². The summed E-state index contributed by atoms with van der Waals surface area (Å²) in [6.07, 6.45) is 8.55. The van der Waals surface area contributed by atoms with Gasteiger partial charge in [-0.25, -0.2) is 4.98 Å². The van der Waals surface area contributed by atoms with Crippen molar-refractivity contribution in [1.82, 2.24) is 9.97 Å². The number of hydrogen-bond donors (Lipinski definition) is 2. The summed E-state index contributed by atoms with van der Waals surface area (Å²) in [7, 11) is 0. The van der Waals surface area contributed by atoms with Crippen LogP contribution in [0.1, 0.15) is 5.56 Å². The van der Waals surface area contributed by atoms with Crippen molar-refractivity contribution in [3.8, 4) is 0 Å². The summed E-state index contributed by atoms with van der Waals surface area (Å²) in [6.45, 7) is 4.05. The van der Waals surface area contributed by atoms with Gasteiger partial charge in [0.1, 0.15) is 5.65 Å². The van der Waals surface area contributed by atoms with E-state index in [0.29, 0.717) is 0 Å². The average Bonchev–Trinajstić information content (AvgIpc) is 3.06. The van der Waals surface area contributed by atoms with Crippen molar-refractivity contribution in [2.24, 2.45) is 5.73 Å². The van der Waals surface area contributed by atoms with E-state index in [9.17, 15) is 0 Å². The summed E-state index contributed by atoms with van der Waals surface area (Å²) < 4.78 is 5.07. The highest BCUT2D eigenvalue weighted by molar-refractivity contribution is 5.90. The molecule has 3 rings (SSSR count). The maximum absolute atomic E-state index is 5.66. The molecule has 0 fully saturated rings. The lowest BCUT2D eigenvalue weighted by Gasteiger charge is -1.93. The molecule has 0 saturated carbocycles. The molecular formula is C15H13N3O. The minimum atomic E-state index is 0.811. The van der Waals surface area contributed by atoms with Gasteiger partial charge in [-0.2, -0.15) is 0 Å². The zero-order chi connectivity index (χ0) is 13.2. The number of nitrogens with two attached hydrogens (primary N) is 1. The molecule has 0 amide bonds. The molecule has 0 aliphatic rings. The highest BCUT2D eigenvalue weighted by Crippen LogP contribution is 2.13. The van der Waals surface area contributed by atoms with Crippen LogP contribution in [0.2, 0.25) is 0 Å². The van der Waals surface area contributed by atoms with Gasteiger partial charge >= 0.3 is 0 Å². The Morgan fingerprint density at radius 2 is 2.32 bits per heavy atom. The van der Waals surface area contributed by atoms with E-state index < -0.39 is 0 Å². The first-order chi connectivity index (χ1) is 9.29. The number of aromatic amines is 1. The van der Waals surface area contributed by atoms with Crippen molar-refractivity contribution >= 4 is 28.9 Å². The Hall–Kier alpha value is -2.75. The quantitative estimate of drug-likeness (QED) is 0.722. The molecular weight excluding hydrogens is 238 g/mol. The largest absolute Gasteiger partial charge is 0.472 e. The van der Waals surface area contributed by atoms with Crippen LogP contribution in [0.4, 0.5) is 0 Å². The van der Waals surface area contributed by atoms with E-state index in [1.807, 2.05) is 24.3 Å². The minimum Gasteiger partial charge on any atom is -0.472 e. The van der Waals surface area contributed by atoms with Gasteiger partial charge < -0.3 is 15.1 Å². The van der Waals surface area contributed by atoms with E-state index >= 15 is 0 Å². The van der Waals surface area contributed by atoms with Gasteiger partial charge in [0.05, 0.1) is 17.9 Å². The van der Waals surface area contributed by atoms with Gasteiger partial charge in [0, 0.05) is 28.6 Å². The molecule has 0 saturated heterocycles. The van der Waals surface area contributed by atoms with E-state index in [1.54, 1.807) is 18.7 Å². The third-order valence-electron chi connectivity index (χ3n) is 3.02. The van der Waals surface area contributed by atoms with Crippen LogP contribution in [0, 0.1) is 0 Å². The van der Waals surface area contributed by atoms with Crippen LogP contribution in [0.3, 0.4) is 0 Å². The monoisotopic (exact) mass is 251 g/mol. The van der Waals surface area contributed by atoms with E-state index in [2.05, 4.69) is 16.5 Å². The molecule has 19 heavy (non-hydrogen) atoms. The number of hydrogen-bond acceptors (Lipinski definition) is 3. The molecule has 0 aliphatic carbocycles. The van der Waals surface area contributed by atoms with Crippen molar-refractivity contribution in [3.63, 3.8) is 0 Å². The Bertz CT molecular complexity index is 841. The molecule has 0 radical (unpaired) electrons. The van der Waals surface area contributed by atoms with E-state index in [-0.39, 0.29) is 0 Å². The summed E-state index contributed by atoms with van der Waals surface area (Å²) in [4.78, 5) is 7.46. The number of rotatable bonds is 2. The Morgan fingerprint density at radius 3 is 3.05 bits per heavy atom. The Balaban J connectivity index is 2.27. The predicted octanol–water partition coefficient (Wildman–Crippen LogP) is 1.35. The first kappa shape index (κ1) is 11.3. The first-order valence-corrected chi connectivity index (χ1v) is 5.87. The topological polar surface area (TPSA) is 67.8 Å². The first-order valence-electron chi connectivity index (χ1n) is 5.87. The van der Waals surface area contributed by atoms with Crippen molar-refractivity contribution in [2.45, 2.75) is 0 Å². The van der Waals surface area contributed by atoms with Gasteiger partial charge in [-0.15, -0.1) is 0 Å². The number of allylic oxidation sites excluding steroid dienone is 1. The van der Waals surface area contributed by atoms with Crippen LogP contribution in [-0.4, -0.2) is 9.97 Å². The fraction of sp³-hybridized carbons (Fsp3) is 0. The van der Waals surface area contributed by atoms with Gasteiger partial charge in [0.15, 0.2) is 0 Å². The summed E-state index contributed by atoms with van der Waals surface area (Å²) in [5.74, 6) is 0. The van der Waals surface area contributed by atoms with Gasteiger partial charge in [0.25, 0.3) is 0 Å². The maximum Gasteiger partial charge on any atom is 0.138 e. The Kier molecular flexibility index (Phi) is 2.68. The van der Waals surface area contributed by atoms with Gasteiger partial charge in [-0.1, -0.05) is 6.58 Å². The average molecular weight is 251 g/mol. The van der Waals surface area contributed by atoms with Crippen LogP contribution in [0.25, 0.3) is 28.9 Å². The fourth-order valence-electron chi connectivity index (χ4n) is 2.05. The Morgan fingerprint density at radius 1 is 1.42 bits per heavy atom. The molecule has 0 atom stereocenters. The summed E-state index contributed by atoms with van der Waals surface area (Å²) in [5.41, 5.74) is 8.28. The van der Waals surface area contributed by atoms with Crippen LogP contribution in [0.5, 0.6) is 0 Å². The zero-order valence-electron chi connectivity index (χ0n) is 10.3. The number of nitrogens with zero attached hydrogens (tertiary/aromatic N) is 1. The van der Waals surface area contributed by atoms with E-state index in [4.69, 9.17) is 10.2 Å². The highest BCUT2D eigenvalue weighted by atomic mass is 16.3. The molecule has 0 bridgehead atoms. The second kappa shape index (κ2) is 4.49.